The Bertz CT molecular complexity index is 547. The predicted molar refractivity (Wildman–Crippen MR) is 49.2 cm³/mol. The highest BCUT2D eigenvalue weighted by atomic mass is 35.5. The molecular formula is C9H3ClFN3. The van der Waals surface area contributed by atoms with Crippen molar-refractivity contribution in [2.45, 2.75) is 0 Å². The van der Waals surface area contributed by atoms with E-state index in [9.17, 15) is 4.39 Å². The zero-order valence-corrected chi connectivity index (χ0v) is 7.59. The van der Waals surface area contributed by atoms with Crippen LogP contribution in [0.25, 0.3) is 11.0 Å². The van der Waals surface area contributed by atoms with Crippen LogP contribution in [-0.2, 0) is 0 Å². The maximum atomic E-state index is 12.7. The molecule has 0 aliphatic rings. The number of rotatable bonds is 0. The summed E-state index contributed by atoms with van der Waals surface area (Å²) in [7, 11) is 0. The van der Waals surface area contributed by atoms with Crippen molar-refractivity contribution in [1.29, 1.82) is 5.26 Å². The molecule has 2 rings (SSSR count). The van der Waals surface area contributed by atoms with E-state index in [4.69, 9.17) is 16.9 Å². The van der Waals surface area contributed by atoms with E-state index >= 15 is 0 Å². The Morgan fingerprint density at radius 2 is 2.21 bits per heavy atom. The molecule has 0 saturated heterocycles. The number of nitrogens with zero attached hydrogens (tertiary/aromatic N) is 3. The lowest BCUT2D eigenvalue weighted by Crippen LogP contribution is -1.90. The molecule has 5 heteroatoms. The van der Waals surface area contributed by atoms with E-state index in [2.05, 4.69) is 9.97 Å². The van der Waals surface area contributed by atoms with Crippen LogP contribution in [0.3, 0.4) is 0 Å². The van der Waals surface area contributed by atoms with E-state index in [1.807, 2.05) is 6.07 Å². The summed E-state index contributed by atoms with van der Waals surface area (Å²) in [6.07, 6.45) is 1.27. The van der Waals surface area contributed by atoms with Gasteiger partial charge in [-0.15, -0.1) is 0 Å². The van der Waals surface area contributed by atoms with Gasteiger partial charge in [0.05, 0.1) is 10.6 Å². The molecule has 0 aliphatic carbocycles. The lowest BCUT2D eigenvalue weighted by atomic mass is 10.2. The third-order valence-electron chi connectivity index (χ3n) is 1.75. The number of fused-ring (bicyclic) bond motifs is 1. The van der Waals surface area contributed by atoms with E-state index in [0.717, 1.165) is 0 Å². The largest absolute Gasteiger partial charge is 0.235 e. The van der Waals surface area contributed by atoms with Crippen LogP contribution in [0, 0.1) is 17.3 Å². The van der Waals surface area contributed by atoms with Gasteiger partial charge < -0.3 is 0 Å². The first-order chi connectivity index (χ1) is 6.72. The molecule has 0 aromatic carbocycles. The molecular weight excluding hydrogens is 205 g/mol. The third-order valence-corrected chi connectivity index (χ3v) is 2.16. The molecule has 0 spiro atoms. The lowest BCUT2D eigenvalue weighted by Gasteiger charge is -1.99. The summed E-state index contributed by atoms with van der Waals surface area (Å²) < 4.78 is 12.7. The molecule has 2 aromatic heterocycles. The van der Waals surface area contributed by atoms with Gasteiger partial charge in [0.25, 0.3) is 0 Å². The monoisotopic (exact) mass is 207 g/mol. The summed E-state index contributed by atoms with van der Waals surface area (Å²) in [6, 6.07) is 4.52. The third kappa shape index (κ3) is 1.28. The van der Waals surface area contributed by atoms with Gasteiger partial charge in [0.1, 0.15) is 6.07 Å². The SMILES string of the molecule is N#Cc1cnc2nc(F)ccc2c1Cl. The van der Waals surface area contributed by atoms with Gasteiger partial charge in [-0.3, -0.25) is 0 Å². The number of aromatic nitrogens is 2. The minimum atomic E-state index is -0.620. The number of halogens is 2. The maximum Gasteiger partial charge on any atom is 0.214 e. The zero-order chi connectivity index (χ0) is 10.1. The van der Waals surface area contributed by atoms with Crippen molar-refractivity contribution >= 4 is 22.6 Å². The molecule has 68 valence electrons. The summed E-state index contributed by atoms with van der Waals surface area (Å²) in [5, 5.41) is 9.40. The molecule has 0 amide bonds. The van der Waals surface area contributed by atoms with Crippen LogP contribution in [0.2, 0.25) is 5.02 Å². The van der Waals surface area contributed by atoms with Gasteiger partial charge in [-0.25, -0.2) is 4.98 Å². The van der Waals surface area contributed by atoms with Crippen LogP contribution in [0.1, 0.15) is 5.56 Å². The molecule has 0 radical (unpaired) electrons. The molecule has 0 N–H and O–H groups in total. The first-order valence-corrected chi connectivity index (χ1v) is 4.11. The molecule has 2 heterocycles. The Balaban J connectivity index is 2.85. The number of hydrogen-bond acceptors (Lipinski definition) is 3. The van der Waals surface area contributed by atoms with Gasteiger partial charge in [-0.2, -0.15) is 14.6 Å². The Morgan fingerprint density at radius 1 is 1.43 bits per heavy atom. The van der Waals surface area contributed by atoms with Gasteiger partial charge in [0.15, 0.2) is 5.65 Å². The number of nitriles is 1. The average molecular weight is 208 g/mol. The smallest absolute Gasteiger partial charge is 0.214 e. The van der Waals surface area contributed by atoms with Crippen molar-refractivity contribution in [1.82, 2.24) is 9.97 Å². The highest BCUT2D eigenvalue weighted by molar-refractivity contribution is 6.36. The molecule has 14 heavy (non-hydrogen) atoms. The van der Waals surface area contributed by atoms with Crippen molar-refractivity contribution in [2.75, 3.05) is 0 Å². The highest BCUT2D eigenvalue weighted by Crippen LogP contribution is 2.23. The highest BCUT2D eigenvalue weighted by Gasteiger charge is 2.07. The lowest BCUT2D eigenvalue weighted by molar-refractivity contribution is 0.588. The fraction of sp³-hybridized carbons (Fsp3) is 0. The fourth-order valence-corrected chi connectivity index (χ4v) is 1.34. The van der Waals surface area contributed by atoms with Crippen LogP contribution in [0.15, 0.2) is 18.3 Å². The van der Waals surface area contributed by atoms with Gasteiger partial charge in [0.2, 0.25) is 5.95 Å². The van der Waals surface area contributed by atoms with Crippen molar-refractivity contribution in [3.63, 3.8) is 0 Å². The van der Waals surface area contributed by atoms with Crippen LogP contribution < -0.4 is 0 Å². The fourth-order valence-electron chi connectivity index (χ4n) is 1.10. The van der Waals surface area contributed by atoms with Crippen LogP contribution in [0.4, 0.5) is 4.39 Å². The normalized spacial score (nSPS) is 10.1. The van der Waals surface area contributed by atoms with Gasteiger partial charge in [-0.1, -0.05) is 11.6 Å². The molecule has 0 unspecified atom stereocenters. The summed E-state index contributed by atoms with van der Waals surface area (Å²) in [5.74, 6) is -0.620. The van der Waals surface area contributed by atoms with Crippen molar-refractivity contribution in [2.24, 2.45) is 0 Å². The summed E-state index contributed by atoms with van der Waals surface area (Å²) >= 11 is 5.87. The average Bonchev–Trinajstić information content (AvgIpc) is 2.18. The predicted octanol–water partition coefficient (Wildman–Crippen LogP) is 2.29. The minimum Gasteiger partial charge on any atom is -0.235 e. The van der Waals surface area contributed by atoms with E-state index in [-0.39, 0.29) is 16.2 Å². The summed E-state index contributed by atoms with van der Waals surface area (Å²) in [6.45, 7) is 0. The van der Waals surface area contributed by atoms with Crippen LogP contribution >= 0.6 is 11.6 Å². The van der Waals surface area contributed by atoms with E-state index in [1.54, 1.807) is 0 Å². The molecule has 0 aliphatic heterocycles. The Hall–Kier alpha value is -1.73. The second-order valence-electron chi connectivity index (χ2n) is 2.60. The maximum absolute atomic E-state index is 12.7. The van der Waals surface area contributed by atoms with E-state index < -0.39 is 5.95 Å². The second kappa shape index (κ2) is 3.20. The van der Waals surface area contributed by atoms with Crippen molar-refractivity contribution < 1.29 is 4.39 Å². The Kier molecular flexibility index (Phi) is 2.02. The molecule has 0 fully saturated rings. The Morgan fingerprint density at radius 3 is 2.93 bits per heavy atom. The first kappa shape index (κ1) is 8.85. The zero-order valence-electron chi connectivity index (χ0n) is 6.83. The number of pyridine rings is 2. The van der Waals surface area contributed by atoms with E-state index in [0.29, 0.717) is 5.39 Å². The van der Waals surface area contributed by atoms with E-state index in [1.165, 1.54) is 18.3 Å². The van der Waals surface area contributed by atoms with Crippen LogP contribution in [0.5, 0.6) is 0 Å². The molecule has 0 saturated carbocycles. The van der Waals surface area contributed by atoms with Gasteiger partial charge >= 0.3 is 0 Å². The summed E-state index contributed by atoms with van der Waals surface area (Å²) in [5.41, 5.74) is 0.460. The van der Waals surface area contributed by atoms with Crippen LogP contribution in [-0.4, -0.2) is 9.97 Å². The topological polar surface area (TPSA) is 49.6 Å². The van der Waals surface area contributed by atoms with Gasteiger partial charge in [-0.05, 0) is 12.1 Å². The van der Waals surface area contributed by atoms with Crippen molar-refractivity contribution in [3.05, 3.63) is 34.9 Å². The number of hydrogen-bond donors (Lipinski definition) is 0. The van der Waals surface area contributed by atoms with Crippen molar-refractivity contribution in [3.8, 4) is 6.07 Å². The molecule has 0 atom stereocenters. The summed E-state index contributed by atoms with van der Waals surface area (Å²) in [4.78, 5) is 7.36. The first-order valence-electron chi connectivity index (χ1n) is 3.73. The molecule has 3 nitrogen and oxygen atoms in total. The second-order valence-corrected chi connectivity index (χ2v) is 2.98. The quantitative estimate of drug-likeness (QED) is 0.623. The van der Waals surface area contributed by atoms with Gasteiger partial charge in [0, 0.05) is 11.6 Å². The minimum absolute atomic E-state index is 0.203. The Labute approximate surface area is 83.8 Å². The molecule has 0 bridgehead atoms. The molecule has 2 aromatic rings. The standard InChI is InChI=1S/C9H3ClFN3/c10-8-5(3-12)4-13-9-6(8)1-2-7(11)14-9/h1-2,4H.